The first kappa shape index (κ1) is 27.8. The van der Waals surface area contributed by atoms with E-state index < -0.39 is 0 Å². The maximum absolute atomic E-state index is 10.3. The summed E-state index contributed by atoms with van der Waals surface area (Å²) in [5, 5.41) is 10.3. The summed E-state index contributed by atoms with van der Waals surface area (Å²) in [4.78, 5) is 2.64. The summed E-state index contributed by atoms with van der Waals surface area (Å²) in [5.74, 6) is 1.57. The van der Waals surface area contributed by atoms with Gasteiger partial charge >= 0.3 is 0 Å². The van der Waals surface area contributed by atoms with Gasteiger partial charge in [-0.25, -0.2) is 0 Å². The molecular weight excluding hydrogens is 478 g/mol. The van der Waals surface area contributed by atoms with Crippen LogP contribution in [0.5, 0.6) is 11.5 Å². The lowest BCUT2D eigenvalue weighted by Crippen LogP contribution is -2.25. The van der Waals surface area contributed by atoms with Gasteiger partial charge in [-0.15, -0.1) is 0 Å². The molecule has 2 aliphatic rings. The third kappa shape index (κ3) is 7.88. The molecule has 0 amide bonds. The molecule has 0 spiro atoms. The molecule has 2 aliphatic heterocycles. The van der Waals surface area contributed by atoms with Crippen LogP contribution < -0.4 is 4.74 Å². The lowest BCUT2D eigenvalue weighted by atomic mass is 9.75. The predicted octanol–water partition coefficient (Wildman–Crippen LogP) is 8.85. The van der Waals surface area contributed by atoms with Gasteiger partial charge in [0.1, 0.15) is 11.5 Å². The second kappa shape index (κ2) is 14.6. The fraction of sp³-hybridized carbons (Fsp3) is 0.500. The van der Waals surface area contributed by atoms with Crippen molar-refractivity contribution in [3.05, 3.63) is 95.1 Å². The highest BCUT2D eigenvalue weighted by atomic mass is 16.5. The number of aryl methyl sites for hydroxylation is 1. The van der Waals surface area contributed by atoms with E-state index in [1.165, 1.54) is 107 Å². The number of ether oxygens (including phenoxy) is 1. The predicted molar refractivity (Wildman–Crippen MR) is 162 cm³/mol. The number of likely N-dealkylation sites (tertiary alicyclic amines) is 1. The van der Waals surface area contributed by atoms with Crippen molar-refractivity contribution in [3.8, 4) is 11.5 Å². The number of aromatic hydroxyl groups is 1. The zero-order chi connectivity index (χ0) is 26.7. The molecule has 0 aromatic heterocycles. The van der Waals surface area contributed by atoms with Crippen molar-refractivity contribution < 1.29 is 9.84 Å². The van der Waals surface area contributed by atoms with E-state index in [1.807, 2.05) is 12.1 Å². The summed E-state index contributed by atoms with van der Waals surface area (Å²) in [6.45, 7) is 4.66. The molecule has 208 valence electrons. The molecule has 3 aromatic carbocycles. The van der Waals surface area contributed by atoms with Crippen LogP contribution in [-0.4, -0.2) is 36.2 Å². The monoisotopic (exact) mass is 525 g/mol. The highest BCUT2D eigenvalue weighted by Gasteiger charge is 2.33. The van der Waals surface area contributed by atoms with E-state index >= 15 is 0 Å². The Hall–Kier alpha value is -2.78. The molecule has 3 nitrogen and oxygen atoms in total. The minimum absolute atomic E-state index is 0.164. The smallest absolute Gasteiger partial charge is 0.123 e. The van der Waals surface area contributed by atoms with Crippen molar-refractivity contribution in [2.45, 2.75) is 88.9 Å². The zero-order valence-corrected chi connectivity index (χ0v) is 23.7. The molecular formula is C36H47NO2. The van der Waals surface area contributed by atoms with Gasteiger partial charge in [0.05, 0.1) is 6.61 Å². The average Bonchev–Trinajstić information content (AvgIpc) is 3.50. The van der Waals surface area contributed by atoms with Gasteiger partial charge < -0.3 is 14.7 Å². The summed E-state index contributed by atoms with van der Waals surface area (Å²) in [7, 11) is 0. The Labute approximate surface area is 236 Å². The minimum Gasteiger partial charge on any atom is -0.508 e. The quantitative estimate of drug-likeness (QED) is 0.213. The molecule has 1 N–H and O–H groups in total. The molecule has 0 aliphatic carbocycles. The van der Waals surface area contributed by atoms with Crippen LogP contribution in [0.15, 0.2) is 72.8 Å². The van der Waals surface area contributed by atoms with Gasteiger partial charge in [0, 0.05) is 17.4 Å². The Morgan fingerprint density at radius 1 is 0.692 bits per heavy atom. The van der Waals surface area contributed by atoms with Gasteiger partial charge in [0.2, 0.25) is 0 Å². The molecule has 5 rings (SSSR count). The van der Waals surface area contributed by atoms with E-state index in [4.69, 9.17) is 4.74 Å². The molecule has 39 heavy (non-hydrogen) atoms. The van der Waals surface area contributed by atoms with Gasteiger partial charge in [-0.3, -0.25) is 0 Å². The molecule has 1 saturated heterocycles. The normalized spacial score (nSPS) is 19.1. The summed E-state index contributed by atoms with van der Waals surface area (Å²) in [6, 6.07) is 25.4. The first-order valence-corrected chi connectivity index (χ1v) is 15.6. The number of hydrogen-bond acceptors (Lipinski definition) is 3. The van der Waals surface area contributed by atoms with Crippen LogP contribution >= 0.6 is 0 Å². The molecule has 3 heteroatoms. The van der Waals surface area contributed by atoms with Crippen molar-refractivity contribution in [1.82, 2.24) is 4.90 Å². The van der Waals surface area contributed by atoms with Crippen LogP contribution in [0.25, 0.3) is 0 Å². The maximum atomic E-state index is 10.3. The molecule has 2 atom stereocenters. The number of nitrogens with zero attached hydrogens (tertiary/aromatic N) is 1. The van der Waals surface area contributed by atoms with E-state index in [0.29, 0.717) is 12.4 Å². The van der Waals surface area contributed by atoms with Crippen LogP contribution in [0, 0.1) is 0 Å². The van der Waals surface area contributed by atoms with Crippen molar-refractivity contribution in [2.24, 2.45) is 0 Å². The molecule has 3 aromatic rings. The highest BCUT2D eigenvalue weighted by molar-refractivity contribution is 5.50. The van der Waals surface area contributed by atoms with Crippen LogP contribution in [-0.2, 0) is 6.42 Å². The molecule has 0 saturated carbocycles. The Kier molecular flexibility index (Phi) is 10.4. The third-order valence-corrected chi connectivity index (χ3v) is 8.85. The molecule has 0 bridgehead atoms. The average molecular weight is 526 g/mol. The lowest BCUT2D eigenvalue weighted by Gasteiger charge is -2.34. The molecule has 1 unspecified atom stereocenters. The van der Waals surface area contributed by atoms with Crippen molar-refractivity contribution in [3.63, 3.8) is 0 Å². The summed E-state index contributed by atoms with van der Waals surface area (Å²) < 4.78 is 6.14. The zero-order valence-electron chi connectivity index (χ0n) is 23.7. The summed E-state index contributed by atoms with van der Waals surface area (Å²) in [5.41, 5.74) is 5.08. The van der Waals surface area contributed by atoms with E-state index in [0.717, 1.165) is 17.7 Å². The van der Waals surface area contributed by atoms with E-state index in [-0.39, 0.29) is 11.8 Å². The van der Waals surface area contributed by atoms with Gasteiger partial charge in [-0.2, -0.15) is 0 Å². The molecule has 1 fully saturated rings. The van der Waals surface area contributed by atoms with Crippen LogP contribution in [0.2, 0.25) is 0 Å². The van der Waals surface area contributed by atoms with Gasteiger partial charge in [0.25, 0.3) is 0 Å². The summed E-state index contributed by atoms with van der Waals surface area (Å²) in [6.07, 6.45) is 16.4. The number of fused-ring (bicyclic) bond motifs is 1. The van der Waals surface area contributed by atoms with Crippen LogP contribution in [0.4, 0.5) is 0 Å². The number of phenols is 1. The first-order chi connectivity index (χ1) is 19.3. The number of unbranched alkanes of at least 4 members (excludes halogenated alkanes) is 8. The summed E-state index contributed by atoms with van der Waals surface area (Å²) >= 11 is 0. The fourth-order valence-electron chi connectivity index (χ4n) is 6.60. The standard InChI is InChI=1S/C36H47NO2/c38-32-22-23-35-33(27-32)36(34(28-39-35)30-16-10-8-11-17-30)31-20-18-29(19-21-31)15-9-6-4-2-1-3-5-7-12-24-37-25-13-14-26-37/h8,10-11,16-23,27,34,36,38H,1-7,9,12-15,24-26,28H2/t34-,36?/m1/s1. The van der Waals surface area contributed by atoms with Gasteiger partial charge in [-0.05, 0) is 86.6 Å². The molecule has 2 heterocycles. The SMILES string of the molecule is Oc1ccc2c(c1)C(c1ccc(CCCCCCCCCCCN3CCCC3)cc1)[C@@H](c1ccccc1)CO2. The topological polar surface area (TPSA) is 32.7 Å². The Morgan fingerprint density at radius 3 is 2.08 bits per heavy atom. The van der Waals surface area contributed by atoms with Gasteiger partial charge in [-0.1, -0.05) is 99.5 Å². The fourth-order valence-corrected chi connectivity index (χ4v) is 6.60. The number of hydrogen-bond donors (Lipinski definition) is 1. The Bertz CT molecular complexity index is 1120. The number of benzene rings is 3. The van der Waals surface area contributed by atoms with Crippen LogP contribution in [0.1, 0.15) is 105 Å². The second-order valence-electron chi connectivity index (χ2n) is 11.8. The highest BCUT2D eigenvalue weighted by Crippen LogP contribution is 2.47. The number of rotatable bonds is 14. The Morgan fingerprint density at radius 2 is 1.36 bits per heavy atom. The van der Waals surface area contributed by atoms with Crippen LogP contribution in [0.3, 0.4) is 0 Å². The first-order valence-electron chi connectivity index (χ1n) is 15.6. The third-order valence-electron chi connectivity index (χ3n) is 8.85. The number of phenolic OH excluding ortho intramolecular Hbond substituents is 1. The van der Waals surface area contributed by atoms with Crippen molar-refractivity contribution in [2.75, 3.05) is 26.2 Å². The molecule has 0 radical (unpaired) electrons. The van der Waals surface area contributed by atoms with Crippen molar-refractivity contribution in [1.29, 1.82) is 0 Å². The minimum atomic E-state index is 0.164. The lowest BCUT2D eigenvalue weighted by molar-refractivity contribution is 0.248. The largest absolute Gasteiger partial charge is 0.508 e. The second-order valence-corrected chi connectivity index (χ2v) is 11.8. The Balaban J connectivity index is 1.06. The van der Waals surface area contributed by atoms with E-state index in [9.17, 15) is 5.11 Å². The van der Waals surface area contributed by atoms with E-state index in [2.05, 4.69) is 59.5 Å². The van der Waals surface area contributed by atoms with Crippen molar-refractivity contribution >= 4 is 0 Å². The van der Waals surface area contributed by atoms with E-state index in [1.54, 1.807) is 6.07 Å². The van der Waals surface area contributed by atoms with Gasteiger partial charge in [0.15, 0.2) is 0 Å². The maximum Gasteiger partial charge on any atom is 0.123 e.